The van der Waals surface area contributed by atoms with Gasteiger partial charge in [0.05, 0.1) is 17.5 Å². The summed E-state index contributed by atoms with van der Waals surface area (Å²) < 4.78 is 33.1. The van der Waals surface area contributed by atoms with E-state index in [1.165, 1.54) is 15.9 Å². The number of rotatable bonds is 4. The molecular formula is C21H24N2O4S. The third-order valence-corrected chi connectivity index (χ3v) is 7.17. The molecule has 0 spiro atoms. The second-order valence-electron chi connectivity index (χ2n) is 7.27. The molecule has 0 radical (unpaired) electrons. The highest BCUT2D eigenvalue weighted by molar-refractivity contribution is 7.89. The van der Waals surface area contributed by atoms with Crippen molar-refractivity contribution in [3.8, 4) is 0 Å². The average Bonchev–Trinajstić information content (AvgIpc) is 2.74. The largest absolute Gasteiger partial charge is 0.379 e. The summed E-state index contributed by atoms with van der Waals surface area (Å²) in [6.07, 6.45) is 2.48. The van der Waals surface area contributed by atoms with Gasteiger partial charge in [-0.3, -0.25) is 4.79 Å². The monoisotopic (exact) mass is 400 g/mol. The van der Waals surface area contributed by atoms with E-state index in [1.807, 2.05) is 24.3 Å². The molecule has 2 aliphatic heterocycles. The number of carbonyl (C=O) groups excluding carboxylic acids is 1. The van der Waals surface area contributed by atoms with Crippen molar-refractivity contribution in [3.63, 3.8) is 0 Å². The Morgan fingerprint density at radius 2 is 1.93 bits per heavy atom. The summed E-state index contributed by atoms with van der Waals surface area (Å²) >= 11 is 0. The van der Waals surface area contributed by atoms with Crippen LogP contribution < -0.4 is 5.32 Å². The summed E-state index contributed by atoms with van der Waals surface area (Å²) in [4.78, 5) is 12.7. The number of nitrogens with one attached hydrogen (secondary N) is 1. The van der Waals surface area contributed by atoms with Gasteiger partial charge in [0.1, 0.15) is 0 Å². The second-order valence-corrected chi connectivity index (χ2v) is 9.21. The van der Waals surface area contributed by atoms with Crippen molar-refractivity contribution >= 4 is 15.9 Å². The molecule has 2 aromatic rings. The van der Waals surface area contributed by atoms with Crippen LogP contribution in [0, 0.1) is 0 Å². The number of ether oxygens (including phenoxy) is 1. The molecule has 1 fully saturated rings. The summed E-state index contributed by atoms with van der Waals surface area (Å²) in [5, 5.41) is 2.93. The maximum atomic E-state index is 13.1. The molecule has 0 saturated carbocycles. The van der Waals surface area contributed by atoms with E-state index in [9.17, 15) is 13.2 Å². The van der Waals surface area contributed by atoms with Crippen LogP contribution in [0.4, 0.5) is 0 Å². The van der Waals surface area contributed by atoms with Gasteiger partial charge in [0.25, 0.3) is 5.91 Å². The summed E-state index contributed by atoms with van der Waals surface area (Å²) in [5.41, 5.74) is 2.57. The Bertz CT molecular complexity index is 968. The molecule has 4 rings (SSSR count). The molecular weight excluding hydrogens is 376 g/mol. The van der Waals surface area contributed by atoms with Crippen LogP contribution in [0.2, 0.25) is 0 Å². The van der Waals surface area contributed by atoms with E-state index in [1.54, 1.807) is 18.2 Å². The third-order valence-electron chi connectivity index (χ3n) is 5.33. The maximum Gasteiger partial charge on any atom is 0.251 e. The molecule has 0 aliphatic carbocycles. The molecule has 1 amide bonds. The molecule has 6 nitrogen and oxygen atoms in total. The molecule has 7 heteroatoms. The SMILES string of the molecule is O=C(NC1CCCOC1)c1cccc(S(=O)(=O)N2CCc3ccccc3C2)c1. The van der Waals surface area contributed by atoms with E-state index in [-0.39, 0.29) is 16.8 Å². The first kappa shape index (κ1) is 19.1. The van der Waals surface area contributed by atoms with Crippen LogP contribution in [0.1, 0.15) is 34.3 Å². The fourth-order valence-corrected chi connectivity index (χ4v) is 5.21. The molecule has 0 bridgehead atoms. The van der Waals surface area contributed by atoms with E-state index in [2.05, 4.69) is 5.32 Å². The first-order valence-corrected chi connectivity index (χ1v) is 11.0. The summed E-state index contributed by atoms with van der Waals surface area (Å²) in [6.45, 7) is 2.01. The molecule has 1 unspecified atom stereocenters. The van der Waals surface area contributed by atoms with Crippen molar-refractivity contribution in [2.24, 2.45) is 0 Å². The molecule has 0 aromatic heterocycles. The van der Waals surface area contributed by atoms with E-state index in [0.29, 0.717) is 31.7 Å². The first-order valence-electron chi connectivity index (χ1n) is 9.59. The zero-order valence-corrected chi connectivity index (χ0v) is 16.5. The van der Waals surface area contributed by atoms with Gasteiger partial charge in [0, 0.05) is 25.3 Å². The Balaban J connectivity index is 1.52. The number of carbonyl (C=O) groups is 1. The number of sulfonamides is 1. The second kappa shape index (κ2) is 8.03. The van der Waals surface area contributed by atoms with E-state index in [0.717, 1.165) is 25.0 Å². The number of amides is 1. The van der Waals surface area contributed by atoms with Gasteiger partial charge in [-0.1, -0.05) is 30.3 Å². The Morgan fingerprint density at radius 3 is 2.71 bits per heavy atom. The van der Waals surface area contributed by atoms with Crippen molar-refractivity contribution in [2.45, 2.75) is 36.7 Å². The first-order chi connectivity index (χ1) is 13.5. The van der Waals surface area contributed by atoms with Gasteiger partial charge in [-0.05, 0) is 48.6 Å². The maximum absolute atomic E-state index is 13.1. The van der Waals surface area contributed by atoms with Gasteiger partial charge >= 0.3 is 0 Å². The zero-order chi connectivity index (χ0) is 19.6. The van der Waals surface area contributed by atoms with Gasteiger partial charge in [-0.2, -0.15) is 4.31 Å². The van der Waals surface area contributed by atoms with Crippen molar-refractivity contribution in [3.05, 3.63) is 65.2 Å². The predicted octanol–water partition coefficient (Wildman–Crippen LogP) is 2.34. The fraction of sp³-hybridized carbons (Fsp3) is 0.381. The van der Waals surface area contributed by atoms with Crippen LogP contribution in [0.15, 0.2) is 53.4 Å². The minimum atomic E-state index is -3.67. The lowest BCUT2D eigenvalue weighted by Crippen LogP contribution is -2.40. The van der Waals surface area contributed by atoms with Gasteiger partial charge in [-0.15, -0.1) is 0 Å². The topological polar surface area (TPSA) is 75.7 Å². The summed E-state index contributed by atoms with van der Waals surface area (Å²) in [6, 6.07) is 14.2. The van der Waals surface area contributed by atoms with Crippen molar-refractivity contribution in [1.29, 1.82) is 0 Å². The minimum Gasteiger partial charge on any atom is -0.379 e. The third kappa shape index (κ3) is 3.97. The molecule has 28 heavy (non-hydrogen) atoms. The number of fused-ring (bicyclic) bond motifs is 1. The lowest BCUT2D eigenvalue weighted by molar-refractivity contribution is 0.0624. The minimum absolute atomic E-state index is 0.0277. The molecule has 1 atom stereocenters. The smallest absolute Gasteiger partial charge is 0.251 e. The molecule has 2 heterocycles. The highest BCUT2D eigenvalue weighted by Gasteiger charge is 2.29. The normalized spacial score (nSPS) is 20.4. The van der Waals surface area contributed by atoms with Gasteiger partial charge in [0.2, 0.25) is 10.0 Å². The molecule has 1 N–H and O–H groups in total. The lowest BCUT2D eigenvalue weighted by atomic mass is 10.0. The van der Waals surface area contributed by atoms with E-state index < -0.39 is 10.0 Å². The number of hydrogen-bond donors (Lipinski definition) is 1. The Morgan fingerprint density at radius 1 is 1.11 bits per heavy atom. The van der Waals surface area contributed by atoms with Gasteiger partial charge in [-0.25, -0.2) is 8.42 Å². The van der Waals surface area contributed by atoms with E-state index in [4.69, 9.17) is 4.74 Å². The van der Waals surface area contributed by atoms with Crippen LogP contribution in [0.3, 0.4) is 0 Å². The highest BCUT2D eigenvalue weighted by atomic mass is 32.2. The number of benzene rings is 2. The molecule has 2 aromatic carbocycles. The van der Waals surface area contributed by atoms with Crippen LogP contribution in [-0.2, 0) is 27.7 Å². The van der Waals surface area contributed by atoms with Crippen LogP contribution in [0.25, 0.3) is 0 Å². The molecule has 1 saturated heterocycles. The Labute approximate surface area is 165 Å². The zero-order valence-electron chi connectivity index (χ0n) is 15.6. The standard InChI is InChI=1S/C21H24N2O4S/c24-21(22-19-8-4-12-27-15-19)17-7-3-9-20(13-17)28(25,26)23-11-10-16-5-1-2-6-18(16)14-23/h1-3,5-7,9,13,19H,4,8,10-12,14-15H2,(H,22,24). The predicted molar refractivity (Wildman–Crippen MR) is 105 cm³/mol. The van der Waals surface area contributed by atoms with Gasteiger partial charge < -0.3 is 10.1 Å². The lowest BCUT2D eigenvalue weighted by Gasteiger charge is -2.28. The Kier molecular flexibility index (Phi) is 5.48. The fourth-order valence-electron chi connectivity index (χ4n) is 3.75. The van der Waals surface area contributed by atoms with Crippen LogP contribution in [0.5, 0.6) is 0 Å². The van der Waals surface area contributed by atoms with Crippen molar-refractivity contribution in [1.82, 2.24) is 9.62 Å². The quantitative estimate of drug-likeness (QED) is 0.855. The van der Waals surface area contributed by atoms with Crippen molar-refractivity contribution in [2.75, 3.05) is 19.8 Å². The summed E-state index contributed by atoms with van der Waals surface area (Å²) in [7, 11) is -3.67. The average molecular weight is 401 g/mol. The number of hydrogen-bond acceptors (Lipinski definition) is 4. The van der Waals surface area contributed by atoms with Crippen molar-refractivity contribution < 1.29 is 17.9 Å². The number of nitrogens with zero attached hydrogens (tertiary/aromatic N) is 1. The van der Waals surface area contributed by atoms with Crippen LogP contribution in [-0.4, -0.2) is 44.4 Å². The van der Waals surface area contributed by atoms with Crippen LogP contribution >= 0.6 is 0 Å². The summed E-state index contributed by atoms with van der Waals surface area (Å²) in [5.74, 6) is -0.267. The Hall–Kier alpha value is -2.22. The van der Waals surface area contributed by atoms with Gasteiger partial charge in [0.15, 0.2) is 0 Å². The van der Waals surface area contributed by atoms with E-state index >= 15 is 0 Å². The highest BCUT2D eigenvalue weighted by Crippen LogP contribution is 2.25. The molecule has 2 aliphatic rings. The molecule has 148 valence electrons.